The predicted octanol–water partition coefficient (Wildman–Crippen LogP) is 0.595. The number of aliphatic imine (C=N–C) groups is 1. The molecule has 9 heteroatoms. The quantitative estimate of drug-likeness (QED) is 0.287. The van der Waals surface area contributed by atoms with E-state index in [0.717, 1.165) is 57.1 Å². The van der Waals surface area contributed by atoms with Crippen LogP contribution in [0.1, 0.15) is 31.4 Å². The Morgan fingerprint density at radius 2 is 1.96 bits per heavy atom. The predicted molar refractivity (Wildman–Crippen MR) is 120 cm³/mol. The van der Waals surface area contributed by atoms with Gasteiger partial charge in [-0.2, -0.15) is 0 Å². The molecule has 2 aliphatic rings. The number of rotatable bonds is 7. The second-order valence-electron chi connectivity index (χ2n) is 7.10. The number of aliphatic hydroxyl groups excluding tert-OH is 1. The van der Waals surface area contributed by atoms with Crippen molar-refractivity contribution in [2.24, 2.45) is 4.99 Å². The number of nitrogens with one attached hydrogen (secondary N) is 2. The van der Waals surface area contributed by atoms with Gasteiger partial charge in [0.05, 0.1) is 19.2 Å². The van der Waals surface area contributed by atoms with E-state index in [1.807, 2.05) is 6.92 Å². The minimum Gasteiger partial charge on any atom is -0.386 e. The Labute approximate surface area is 183 Å². The fourth-order valence-corrected chi connectivity index (χ4v) is 3.11. The van der Waals surface area contributed by atoms with E-state index < -0.39 is 6.10 Å². The number of aromatic nitrogens is 1. The topological polar surface area (TPSA) is 93.1 Å². The van der Waals surface area contributed by atoms with Crippen LogP contribution in [-0.2, 0) is 4.79 Å². The summed E-state index contributed by atoms with van der Waals surface area (Å²) < 4.78 is 0. The highest BCUT2D eigenvalue weighted by atomic mass is 127. The van der Waals surface area contributed by atoms with Gasteiger partial charge < -0.3 is 20.6 Å². The van der Waals surface area contributed by atoms with Crippen molar-refractivity contribution < 1.29 is 9.90 Å². The van der Waals surface area contributed by atoms with E-state index in [-0.39, 0.29) is 29.9 Å². The lowest BCUT2D eigenvalue weighted by atomic mass is 10.1. The second kappa shape index (κ2) is 11.5. The molecule has 0 spiro atoms. The molecule has 0 bridgehead atoms. The van der Waals surface area contributed by atoms with Gasteiger partial charge in [-0.1, -0.05) is 0 Å². The summed E-state index contributed by atoms with van der Waals surface area (Å²) in [5.74, 6) is 0.944. The molecule has 2 fully saturated rings. The van der Waals surface area contributed by atoms with Crippen LogP contribution in [0.15, 0.2) is 29.5 Å². The first-order valence-electron chi connectivity index (χ1n) is 9.78. The molecule has 2 heterocycles. The maximum absolute atomic E-state index is 12.0. The Morgan fingerprint density at radius 1 is 1.29 bits per heavy atom. The van der Waals surface area contributed by atoms with Gasteiger partial charge in [0, 0.05) is 51.2 Å². The zero-order chi connectivity index (χ0) is 19.1. The maximum atomic E-state index is 12.0. The average Bonchev–Trinajstić information content (AvgIpc) is 3.50. The summed E-state index contributed by atoms with van der Waals surface area (Å²) in [6, 6.07) is 4.02. The van der Waals surface area contributed by atoms with Gasteiger partial charge in [0.1, 0.15) is 0 Å². The van der Waals surface area contributed by atoms with E-state index in [9.17, 15) is 9.90 Å². The number of pyridine rings is 1. The Morgan fingerprint density at radius 3 is 2.57 bits per heavy atom. The number of guanidine groups is 1. The van der Waals surface area contributed by atoms with Crippen molar-refractivity contribution >= 4 is 35.8 Å². The van der Waals surface area contributed by atoms with Crippen molar-refractivity contribution in [3.8, 4) is 0 Å². The molecule has 1 atom stereocenters. The van der Waals surface area contributed by atoms with Gasteiger partial charge >= 0.3 is 0 Å². The van der Waals surface area contributed by atoms with Gasteiger partial charge in [0.2, 0.25) is 5.91 Å². The molecule has 1 aromatic rings. The summed E-state index contributed by atoms with van der Waals surface area (Å²) in [4.78, 5) is 24.9. The number of hydrogen-bond acceptors (Lipinski definition) is 5. The van der Waals surface area contributed by atoms with Crippen molar-refractivity contribution in [1.29, 1.82) is 0 Å². The molecule has 0 aromatic carbocycles. The second-order valence-corrected chi connectivity index (χ2v) is 7.10. The fraction of sp³-hybridized carbons (Fsp3) is 0.632. The zero-order valence-corrected chi connectivity index (χ0v) is 18.7. The number of hydrogen-bond donors (Lipinski definition) is 3. The number of amides is 1. The zero-order valence-electron chi connectivity index (χ0n) is 16.4. The van der Waals surface area contributed by atoms with Crippen molar-refractivity contribution in [3.05, 3.63) is 30.1 Å². The fourth-order valence-electron chi connectivity index (χ4n) is 3.11. The molecule has 1 aliphatic carbocycles. The molecule has 1 amide bonds. The van der Waals surface area contributed by atoms with Gasteiger partial charge in [0.15, 0.2) is 5.96 Å². The molecule has 3 rings (SSSR count). The van der Waals surface area contributed by atoms with Gasteiger partial charge in [0.25, 0.3) is 0 Å². The SMILES string of the molecule is CCNC(=NCC(O)c1ccncc1)N1CCN(CC(=O)NC2CC2)CC1.I. The van der Waals surface area contributed by atoms with Crippen LogP contribution < -0.4 is 10.6 Å². The van der Waals surface area contributed by atoms with E-state index in [1.165, 1.54) is 0 Å². The number of halogens is 1. The number of nitrogens with zero attached hydrogens (tertiary/aromatic N) is 4. The largest absolute Gasteiger partial charge is 0.386 e. The molecule has 1 aromatic heterocycles. The van der Waals surface area contributed by atoms with Crippen molar-refractivity contribution in [1.82, 2.24) is 25.4 Å². The van der Waals surface area contributed by atoms with E-state index in [0.29, 0.717) is 19.1 Å². The average molecular weight is 502 g/mol. The summed E-state index contributed by atoms with van der Waals surface area (Å²) in [6.45, 7) is 6.86. The van der Waals surface area contributed by atoms with Gasteiger partial charge in [-0.05, 0) is 37.5 Å². The summed E-state index contributed by atoms with van der Waals surface area (Å²) in [7, 11) is 0. The van der Waals surface area contributed by atoms with Gasteiger partial charge in [-0.15, -0.1) is 24.0 Å². The summed E-state index contributed by atoms with van der Waals surface area (Å²) in [6.07, 6.45) is 4.94. The minimum absolute atomic E-state index is 0. The molecular formula is C19H31IN6O2. The molecule has 8 nitrogen and oxygen atoms in total. The number of carbonyl (C=O) groups is 1. The van der Waals surface area contributed by atoms with Crippen LogP contribution in [0.2, 0.25) is 0 Å². The summed E-state index contributed by atoms with van der Waals surface area (Å²) >= 11 is 0. The Kier molecular flexibility index (Phi) is 9.39. The van der Waals surface area contributed by atoms with Gasteiger partial charge in [-0.3, -0.25) is 19.7 Å². The molecule has 1 saturated heterocycles. The number of aliphatic hydroxyl groups is 1. The lowest BCUT2D eigenvalue weighted by Crippen LogP contribution is -2.54. The van der Waals surface area contributed by atoms with Crippen LogP contribution in [0.25, 0.3) is 0 Å². The van der Waals surface area contributed by atoms with Crippen LogP contribution >= 0.6 is 24.0 Å². The molecule has 1 unspecified atom stereocenters. The molecule has 0 radical (unpaired) electrons. The molecule has 1 saturated carbocycles. The van der Waals surface area contributed by atoms with Crippen molar-refractivity contribution in [2.45, 2.75) is 31.9 Å². The smallest absolute Gasteiger partial charge is 0.234 e. The molecule has 156 valence electrons. The highest BCUT2D eigenvalue weighted by Gasteiger charge is 2.26. The third-order valence-corrected chi connectivity index (χ3v) is 4.82. The summed E-state index contributed by atoms with van der Waals surface area (Å²) in [5, 5.41) is 16.7. The minimum atomic E-state index is -0.644. The highest BCUT2D eigenvalue weighted by Crippen LogP contribution is 2.18. The van der Waals surface area contributed by atoms with Crippen LogP contribution in [0.5, 0.6) is 0 Å². The number of piperazine rings is 1. The van der Waals surface area contributed by atoms with E-state index in [2.05, 4.69) is 30.4 Å². The van der Waals surface area contributed by atoms with Crippen molar-refractivity contribution in [3.63, 3.8) is 0 Å². The monoisotopic (exact) mass is 502 g/mol. The Bertz CT molecular complexity index is 633. The van der Waals surface area contributed by atoms with Crippen LogP contribution in [0, 0.1) is 0 Å². The summed E-state index contributed by atoms with van der Waals surface area (Å²) in [5.41, 5.74) is 0.816. The lowest BCUT2D eigenvalue weighted by molar-refractivity contribution is -0.122. The standard InChI is InChI=1S/C19H30N6O2.HI/c1-2-21-19(22-13-17(26)15-5-7-20-8-6-15)25-11-9-24(10-12-25)14-18(27)23-16-3-4-16;/h5-8,16-17,26H,2-4,9-14H2,1H3,(H,21,22)(H,23,27);1H. The first kappa shape index (κ1) is 22.8. The van der Waals surface area contributed by atoms with Crippen LogP contribution in [0.3, 0.4) is 0 Å². The van der Waals surface area contributed by atoms with E-state index in [4.69, 9.17) is 0 Å². The van der Waals surface area contributed by atoms with Gasteiger partial charge in [-0.25, -0.2) is 0 Å². The Hall–Kier alpha value is -1.46. The van der Waals surface area contributed by atoms with Crippen molar-refractivity contribution in [2.75, 3.05) is 45.8 Å². The third-order valence-electron chi connectivity index (χ3n) is 4.82. The number of carbonyl (C=O) groups excluding carboxylic acids is 1. The molecule has 28 heavy (non-hydrogen) atoms. The third kappa shape index (κ3) is 7.17. The molecule has 3 N–H and O–H groups in total. The highest BCUT2D eigenvalue weighted by molar-refractivity contribution is 14.0. The molecular weight excluding hydrogens is 471 g/mol. The van der Waals surface area contributed by atoms with E-state index in [1.54, 1.807) is 24.5 Å². The first-order valence-corrected chi connectivity index (χ1v) is 9.78. The Balaban J connectivity index is 0.00000280. The lowest BCUT2D eigenvalue weighted by Gasteiger charge is -2.36. The first-order chi connectivity index (χ1) is 13.2. The maximum Gasteiger partial charge on any atom is 0.234 e. The van der Waals surface area contributed by atoms with Crippen LogP contribution in [-0.4, -0.2) is 83.6 Å². The van der Waals surface area contributed by atoms with Crippen LogP contribution in [0.4, 0.5) is 0 Å². The molecule has 1 aliphatic heterocycles. The van der Waals surface area contributed by atoms with E-state index >= 15 is 0 Å². The normalized spacial score (nSPS) is 18.9.